The standard InChI is InChI=1S/C18H24N8O10/c19-9-1-3-25(15(33)21-9)17(13(31)11(29)7(5-27)35-17)23-24-18(14(32)12(30)8(6-28)36-18)26-4-2-10(20)22-16(26)34/h1-4,7-8,11-14,27-32H,5-6H2,(H2,19,21,33)(H2,20,22,34)/t7-,8-,11-,12-,13-,14-,17+,18+/m1/s1. The Morgan fingerprint density at radius 1 is 0.806 bits per heavy atom. The minimum Gasteiger partial charge on any atom is -0.394 e. The molecule has 2 fully saturated rings. The maximum Gasteiger partial charge on any atom is 0.353 e. The molecule has 0 amide bonds. The number of hydrogen-bond donors (Lipinski definition) is 8. The maximum atomic E-state index is 12.6. The van der Waals surface area contributed by atoms with Crippen LogP contribution in [0.1, 0.15) is 0 Å². The van der Waals surface area contributed by atoms with Crippen molar-refractivity contribution in [1.82, 2.24) is 19.1 Å². The quantitative estimate of drug-likeness (QED) is 0.168. The molecule has 2 aliphatic rings. The molecule has 0 spiro atoms. The molecule has 18 nitrogen and oxygen atoms in total. The summed E-state index contributed by atoms with van der Waals surface area (Å²) in [4.78, 5) is 32.3. The van der Waals surface area contributed by atoms with Crippen LogP contribution in [-0.4, -0.2) is 99.6 Å². The largest absolute Gasteiger partial charge is 0.394 e. The number of aromatic nitrogens is 4. The molecule has 2 aromatic rings. The number of nitrogens with zero attached hydrogens (tertiary/aromatic N) is 6. The van der Waals surface area contributed by atoms with Gasteiger partial charge in [0.25, 0.3) is 11.7 Å². The Kier molecular flexibility index (Phi) is 6.62. The van der Waals surface area contributed by atoms with Crippen LogP contribution in [0.5, 0.6) is 0 Å². The molecule has 18 heteroatoms. The first-order valence-corrected chi connectivity index (χ1v) is 10.5. The molecular formula is C18H24N8O10. The van der Waals surface area contributed by atoms with Gasteiger partial charge in [-0.1, -0.05) is 0 Å². The van der Waals surface area contributed by atoms with Crippen LogP contribution in [0.4, 0.5) is 11.6 Å². The summed E-state index contributed by atoms with van der Waals surface area (Å²) in [6, 6.07) is 2.29. The fourth-order valence-electron chi connectivity index (χ4n) is 3.99. The van der Waals surface area contributed by atoms with Crippen LogP contribution in [-0.2, 0) is 21.2 Å². The molecule has 0 bridgehead atoms. The zero-order valence-electron chi connectivity index (χ0n) is 18.3. The van der Waals surface area contributed by atoms with E-state index in [-0.39, 0.29) is 11.6 Å². The highest BCUT2D eigenvalue weighted by Crippen LogP contribution is 2.41. The molecule has 0 aromatic carbocycles. The molecule has 36 heavy (non-hydrogen) atoms. The summed E-state index contributed by atoms with van der Waals surface area (Å²) in [5.74, 6) is -5.63. The van der Waals surface area contributed by atoms with E-state index in [1.807, 2.05) is 0 Å². The minimum absolute atomic E-state index is 0.200. The second-order valence-electron chi connectivity index (χ2n) is 8.08. The van der Waals surface area contributed by atoms with Crippen molar-refractivity contribution in [2.75, 3.05) is 24.7 Å². The molecule has 196 valence electrons. The third-order valence-corrected chi connectivity index (χ3v) is 5.87. The smallest absolute Gasteiger partial charge is 0.353 e. The first-order valence-electron chi connectivity index (χ1n) is 10.5. The highest BCUT2D eigenvalue weighted by Gasteiger charge is 2.61. The number of hydrogen-bond acceptors (Lipinski definition) is 16. The summed E-state index contributed by atoms with van der Waals surface area (Å²) in [5, 5.41) is 69.3. The van der Waals surface area contributed by atoms with Crippen molar-refractivity contribution in [2.45, 2.75) is 48.3 Å². The Balaban J connectivity index is 1.95. The Morgan fingerprint density at radius 3 is 1.44 bits per heavy atom. The van der Waals surface area contributed by atoms with Gasteiger partial charge in [-0.05, 0) is 12.1 Å². The van der Waals surface area contributed by atoms with E-state index < -0.39 is 72.9 Å². The van der Waals surface area contributed by atoms with Crippen LogP contribution >= 0.6 is 0 Å². The Bertz CT molecular complexity index is 1180. The number of anilines is 2. The lowest BCUT2D eigenvalue weighted by Gasteiger charge is -2.32. The van der Waals surface area contributed by atoms with Crippen molar-refractivity contribution in [3.8, 4) is 0 Å². The van der Waals surface area contributed by atoms with Gasteiger partial charge in [0.15, 0.2) is 12.2 Å². The Morgan fingerprint density at radius 2 is 1.17 bits per heavy atom. The van der Waals surface area contributed by atoms with Gasteiger partial charge < -0.3 is 51.6 Å². The van der Waals surface area contributed by atoms with Crippen molar-refractivity contribution < 1.29 is 40.1 Å². The maximum absolute atomic E-state index is 12.6. The SMILES string of the molecule is Nc1ccn([C@]2(N=N[C@@]3(n4ccc(N)nc4=O)O[C@H](CO)[C@@H](O)[C@H]3O)O[C@H](CO)[C@@H](O)[C@H]2O)c(=O)n1. The van der Waals surface area contributed by atoms with Gasteiger partial charge in [0, 0.05) is 12.4 Å². The molecule has 2 aromatic heterocycles. The molecule has 8 atom stereocenters. The number of rotatable bonds is 6. The number of azo groups is 1. The molecule has 0 saturated carbocycles. The first kappa shape index (κ1) is 25.7. The predicted octanol–water partition coefficient (Wildman–Crippen LogP) is -5.44. The van der Waals surface area contributed by atoms with Gasteiger partial charge >= 0.3 is 11.4 Å². The number of nitrogen functional groups attached to an aromatic ring is 2. The second-order valence-corrected chi connectivity index (χ2v) is 8.08. The summed E-state index contributed by atoms with van der Waals surface area (Å²) in [6.07, 6.45) is -8.61. The lowest BCUT2D eigenvalue weighted by atomic mass is 10.1. The van der Waals surface area contributed by atoms with Gasteiger partial charge in [-0.15, -0.1) is 10.2 Å². The van der Waals surface area contributed by atoms with E-state index in [4.69, 9.17) is 20.9 Å². The zero-order chi connectivity index (χ0) is 26.4. The van der Waals surface area contributed by atoms with Gasteiger partial charge in [0.2, 0.25) is 0 Å². The third kappa shape index (κ3) is 3.85. The van der Waals surface area contributed by atoms with Crippen LogP contribution < -0.4 is 22.8 Å². The van der Waals surface area contributed by atoms with Crippen molar-refractivity contribution >= 4 is 11.6 Å². The van der Waals surface area contributed by atoms with E-state index in [1.54, 1.807) is 0 Å². The van der Waals surface area contributed by atoms with Gasteiger partial charge in [0.05, 0.1) is 13.2 Å². The Hall–Kier alpha value is -3.36. The van der Waals surface area contributed by atoms with Crippen LogP contribution in [0.15, 0.2) is 44.3 Å². The summed E-state index contributed by atoms with van der Waals surface area (Å²) in [6.45, 7) is -1.63. The normalized spacial score (nSPS) is 36.6. The van der Waals surface area contributed by atoms with Gasteiger partial charge in [-0.2, -0.15) is 9.97 Å². The third-order valence-electron chi connectivity index (χ3n) is 5.87. The van der Waals surface area contributed by atoms with E-state index in [0.29, 0.717) is 9.13 Å². The summed E-state index contributed by atoms with van der Waals surface area (Å²) in [5.41, 5.74) is 8.81. The minimum atomic E-state index is -2.62. The second kappa shape index (κ2) is 9.26. The van der Waals surface area contributed by atoms with E-state index in [2.05, 4.69) is 20.2 Å². The summed E-state index contributed by atoms with van der Waals surface area (Å²) >= 11 is 0. The Labute approximate surface area is 200 Å². The van der Waals surface area contributed by atoms with E-state index >= 15 is 0 Å². The lowest BCUT2D eigenvalue weighted by molar-refractivity contribution is -0.176. The predicted molar refractivity (Wildman–Crippen MR) is 115 cm³/mol. The van der Waals surface area contributed by atoms with Crippen LogP contribution in [0.3, 0.4) is 0 Å². The van der Waals surface area contributed by atoms with Crippen molar-refractivity contribution in [1.29, 1.82) is 0 Å². The van der Waals surface area contributed by atoms with Crippen LogP contribution in [0.25, 0.3) is 0 Å². The first-order chi connectivity index (χ1) is 17.0. The fraction of sp³-hybridized carbons (Fsp3) is 0.556. The molecular weight excluding hydrogens is 488 g/mol. The molecule has 2 aliphatic heterocycles. The number of aliphatic hydroxyl groups excluding tert-OH is 6. The van der Waals surface area contributed by atoms with Crippen molar-refractivity contribution in [3.63, 3.8) is 0 Å². The van der Waals surface area contributed by atoms with E-state index in [0.717, 1.165) is 24.5 Å². The average Bonchev–Trinajstić information content (AvgIpc) is 3.23. The zero-order valence-corrected chi connectivity index (χ0v) is 18.3. The fourth-order valence-corrected chi connectivity index (χ4v) is 3.99. The molecule has 10 N–H and O–H groups in total. The monoisotopic (exact) mass is 512 g/mol. The lowest BCUT2D eigenvalue weighted by Crippen LogP contribution is -2.52. The van der Waals surface area contributed by atoms with Gasteiger partial charge in [-0.3, -0.25) is 0 Å². The van der Waals surface area contributed by atoms with Gasteiger partial charge in [-0.25, -0.2) is 18.7 Å². The van der Waals surface area contributed by atoms with Crippen molar-refractivity contribution in [2.24, 2.45) is 10.2 Å². The molecule has 4 rings (SSSR count). The number of aliphatic hydroxyl groups is 6. The average molecular weight is 512 g/mol. The van der Waals surface area contributed by atoms with E-state index in [1.165, 1.54) is 0 Å². The summed E-state index contributed by atoms with van der Waals surface area (Å²) in [7, 11) is 0. The number of ether oxygens (including phenoxy) is 2. The molecule has 2 saturated heterocycles. The van der Waals surface area contributed by atoms with E-state index in [9.17, 15) is 40.2 Å². The highest BCUT2D eigenvalue weighted by atomic mass is 16.6. The molecule has 4 heterocycles. The topological polar surface area (TPSA) is 286 Å². The van der Waals surface area contributed by atoms with Gasteiger partial charge in [0.1, 0.15) is 36.1 Å². The molecule has 0 aliphatic carbocycles. The molecule has 0 radical (unpaired) electrons. The number of nitrogens with two attached hydrogens (primary N) is 2. The molecule has 0 unspecified atom stereocenters. The van der Waals surface area contributed by atoms with Crippen LogP contribution in [0, 0.1) is 0 Å². The summed E-state index contributed by atoms with van der Waals surface area (Å²) < 4.78 is 12.3. The van der Waals surface area contributed by atoms with Crippen molar-refractivity contribution in [3.05, 3.63) is 45.5 Å². The highest BCUT2D eigenvalue weighted by molar-refractivity contribution is 5.25. The van der Waals surface area contributed by atoms with Crippen LogP contribution in [0.2, 0.25) is 0 Å².